The molecule has 7 heteroatoms. The van der Waals surface area contributed by atoms with E-state index >= 15 is 0 Å². The standard InChI is InChI=1S/C23H21NO6/c1-29-21(25)23(22(26)30-2,16-6-10-18-8-4-3-5-9-18)17-7-11-19-12-14-20(15-13-19)24(27)28/h3-6,8-10,12-15H,16-17H2,1-2H3/b10-6+. The Morgan fingerprint density at radius 2 is 1.63 bits per heavy atom. The lowest BCUT2D eigenvalue weighted by molar-refractivity contribution is -0.384. The molecule has 0 aliphatic rings. The summed E-state index contributed by atoms with van der Waals surface area (Å²) in [5.41, 5.74) is -0.241. The summed E-state index contributed by atoms with van der Waals surface area (Å²) in [6.45, 7) is 0. The predicted octanol–water partition coefficient (Wildman–Crippen LogP) is 3.77. The van der Waals surface area contributed by atoms with E-state index in [-0.39, 0.29) is 18.5 Å². The van der Waals surface area contributed by atoms with Crippen LogP contribution in [0.4, 0.5) is 5.69 Å². The highest BCUT2D eigenvalue weighted by Crippen LogP contribution is 2.31. The van der Waals surface area contributed by atoms with E-state index in [1.54, 1.807) is 12.2 Å². The zero-order chi connectivity index (χ0) is 22.0. The lowest BCUT2D eigenvalue weighted by Gasteiger charge is -2.24. The molecule has 0 fully saturated rings. The Hall–Kier alpha value is -3.92. The van der Waals surface area contributed by atoms with Crippen LogP contribution in [0.5, 0.6) is 0 Å². The summed E-state index contributed by atoms with van der Waals surface area (Å²) in [5.74, 6) is 4.14. The van der Waals surface area contributed by atoms with Crippen LogP contribution >= 0.6 is 0 Å². The number of non-ortho nitro benzene ring substituents is 1. The van der Waals surface area contributed by atoms with Crippen molar-refractivity contribution in [2.24, 2.45) is 5.41 Å². The molecule has 0 unspecified atom stereocenters. The van der Waals surface area contributed by atoms with Gasteiger partial charge in [0.15, 0.2) is 5.41 Å². The average Bonchev–Trinajstić information content (AvgIpc) is 2.78. The van der Waals surface area contributed by atoms with E-state index in [2.05, 4.69) is 11.8 Å². The Morgan fingerprint density at radius 1 is 1.03 bits per heavy atom. The van der Waals surface area contributed by atoms with Gasteiger partial charge in [-0.25, -0.2) is 0 Å². The van der Waals surface area contributed by atoms with Gasteiger partial charge in [-0.15, -0.1) is 0 Å². The molecule has 0 radical (unpaired) electrons. The molecule has 0 saturated heterocycles. The molecule has 7 nitrogen and oxygen atoms in total. The number of allylic oxidation sites excluding steroid dienone is 1. The first-order valence-electron chi connectivity index (χ1n) is 9.04. The van der Waals surface area contributed by atoms with Crippen molar-refractivity contribution in [3.05, 3.63) is 81.9 Å². The Bertz CT molecular complexity index is 968. The summed E-state index contributed by atoms with van der Waals surface area (Å²) < 4.78 is 9.74. The number of benzene rings is 2. The van der Waals surface area contributed by atoms with E-state index in [0.717, 1.165) is 5.56 Å². The van der Waals surface area contributed by atoms with Crippen molar-refractivity contribution in [3.8, 4) is 11.8 Å². The largest absolute Gasteiger partial charge is 0.468 e. The first kappa shape index (κ1) is 22.4. The van der Waals surface area contributed by atoms with Crippen LogP contribution in [0.3, 0.4) is 0 Å². The van der Waals surface area contributed by atoms with Gasteiger partial charge in [0.2, 0.25) is 0 Å². The quantitative estimate of drug-likeness (QED) is 0.228. The van der Waals surface area contributed by atoms with Crippen LogP contribution in [0.25, 0.3) is 6.08 Å². The van der Waals surface area contributed by atoms with E-state index in [9.17, 15) is 19.7 Å². The fraction of sp³-hybridized carbons (Fsp3) is 0.217. The Kier molecular flexibility index (Phi) is 7.89. The highest BCUT2D eigenvalue weighted by atomic mass is 16.6. The van der Waals surface area contributed by atoms with Crippen LogP contribution in [0.15, 0.2) is 60.7 Å². The van der Waals surface area contributed by atoms with Crippen molar-refractivity contribution in [1.29, 1.82) is 0 Å². The highest BCUT2D eigenvalue weighted by molar-refractivity contribution is 6.00. The van der Waals surface area contributed by atoms with E-state index < -0.39 is 22.3 Å². The van der Waals surface area contributed by atoms with E-state index in [1.165, 1.54) is 38.5 Å². The van der Waals surface area contributed by atoms with Crippen molar-refractivity contribution in [2.45, 2.75) is 12.8 Å². The van der Waals surface area contributed by atoms with Crippen LogP contribution in [-0.4, -0.2) is 31.1 Å². The number of nitro benzene ring substituents is 1. The van der Waals surface area contributed by atoms with Crippen molar-refractivity contribution >= 4 is 23.7 Å². The van der Waals surface area contributed by atoms with Gasteiger partial charge < -0.3 is 9.47 Å². The molecule has 0 aliphatic carbocycles. The van der Waals surface area contributed by atoms with Crippen LogP contribution < -0.4 is 0 Å². The molecule has 0 bridgehead atoms. The molecule has 0 spiro atoms. The molecule has 0 atom stereocenters. The number of carbonyl (C=O) groups is 2. The smallest absolute Gasteiger partial charge is 0.324 e. The minimum Gasteiger partial charge on any atom is -0.468 e. The lowest BCUT2D eigenvalue weighted by Crippen LogP contribution is -2.40. The number of hydrogen-bond donors (Lipinski definition) is 0. The molecule has 2 aromatic carbocycles. The molecule has 0 aliphatic heterocycles. The van der Waals surface area contributed by atoms with Crippen molar-refractivity contribution in [1.82, 2.24) is 0 Å². The maximum absolute atomic E-state index is 12.5. The van der Waals surface area contributed by atoms with Gasteiger partial charge in [-0.1, -0.05) is 54.3 Å². The van der Waals surface area contributed by atoms with Gasteiger partial charge in [-0.05, 0) is 24.1 Å². The SMILES string of the molecule is COC(=O)C(CC#Cc1ccc([N+](=O)[O-])cc1)(C/C=C/c1ccccc1)C(=O)OC. The Morgan fingerprint density at radius 3 is 2.17 bits per heavy atom. The second-order valence-corrected chi connectivity index (χ2v) is 6.36. The fourth-order valence-electron chi connectivity index (χ4n) is 2.78. The predicted molar refractivity (Wildman–Crippen MR) is 111 cm³/mol. The summed E-state index contributed by atoms with van der Waals surface area (Å²) in [5, 5.41) is 10.7. The van der Waals surface area contributed by atoms with Gasteiger partial charge >= 0.3 is 11.9 Å². The first-order chi connectivity index (χ1) is 14.4. The van der Waals surface area contributed by atoms with Crippen molar-refractivity contribution in [3.63, 3.8) is 0 Å². The third-order valence-corrected chi connectivity index (χ3v) is 4.43. The van der Waals surface area contributed by atoms with Crippen molar-refractivity contribution < 1.29 is 24.0 Å². The van der Waals surface area contributed by atoms with Gasteiger partial charge in [0.25, 0.3) is 5.69 Å². The number of hydrogen-bond acceptors (Lipinski definition) is 6. The molecule has 30 heavy (non-hydrogen) atoms. The summed E-state index contributed by atoms with van der Waals surface area (Å²) in [6.07, 6.45) is 3.40. The van der Waals surface area contributed by atoms with E-state index in [1.807, 2.05) is 30.3 Å². The third kappa shape index (κ3) is 5.55. The van der Waals surface area contributed by atoms with Gasteiger partial charge in [0.05, 0.1) is 19.1 Å². The second kappa shape index (κ2) is 10.6. The molecule has 0 heterocycles. The van der Waals surface area contributed by atoms with E-state index in [4.69, 9.17) is 9.47 Å². The molecule has 0 saturated carbocycles. The first-order valence-corrected chi connectivity index (χ1v) is 9.04. The zero-order valence-electron chi connectivity index (χ0n) is 16.7. The van der Waals surface area contributed by atoms with Gasteiger partial charge in [0.1, 0.15) is 0 Å². The van der Waals surface area contributed by atoms with Crippen LogP contribution in [-0.2, 0) is 19.1 Å². The number of methoxy groups -OCH3 is 2. The topological polar surface area (TPSA) is 95.7 Å². The van der Waals surface area contributed by atoms with Crippen molar-refractivity contribution in [2.75, 3.05) is 14.2 Å². The summed E-state index contributed by atoms with van der Waals surface area (Å²) in [6, 6.07) is 15.1. The third-order valence-electron chi connectivity index (χ3n) is 4.43. The molecule has 2 rings (SSSR count). The molecule has 154 valence electrons. The number of esters is 2. The van der Waals surface area contributed by atoms with Crippen LogP contribution in [0.1, 0.15) is 24.0 Å². The Balaban J connectivity index is 2.28. The summed E-state index contributed by atoms with van der Waals surface area (Å²) in [7, 11) is 2.40. The number of nitro groups is 1. The molecule has 0 amide bonds. The minimum atomic E-state index is -1.62. The second-order valence-electron chi connectivity index (χ2n) is 6.36. The molecule has 2 aromatic rings. The van der Waals surface area contributed by atoms with E-state index in [0.29, 0.717) is 5.56 Å². The maximum atomic E-state index is 12.5. The fourth-order valence-corrected chi connectivity index (χ4v) is 2.78. The molecular formula is C23H21NO6. The van der Waals surface area contributed by atoms with Crippen LogP contribution in [0.2, 0.25) is 0 Å². The Labute approximate surface area is 174 Å². The van der Waals surface area contributed by atoms with Gasteiger partial charge in [-0.3, -0.25) is 19.7 Å². The lowest BCUT2D eigenvalue weighted by atomic mass is 9.80. The molecular weight excluding hydrogens is 386 g/mol. The summed E-state index contributed by atoms with van der Waals surface area (Å²) >= 11 is 0. The number of rotatable bonds is 7. The highest BCUT2D eigenvalue weighted by Gasteiger charge is 2.47. The molecule has 0 aromatic heterocycles. The number of ether oxygens (including phenoxy) is 2. The zero-order valence-corrected chi connectivity index (χ0v) is 16.7. The van der Waals surface area contributed by atoms with Gasteiger partial charge in [0, 0.05) is 24.1 Å². The summed E-state index contributed by atoms with van der Waals surface area (Å²) in [4.78, 5) is 35.3. The maximum Gasteiger partial charge on any atom is 0.324 e. The normalized spacial score (nSPS) is 10.7. The average molecular weight is 407 g/mol. The van der Waals surface area contributed by atoms with Gasteiger partial charge in [-0.2, -0.15) is 0 Å². The number of nitrogens with zero attached hydrogens (tertiary/aromatic N) is 1. The minimum absolute atomic E-state index is 0.0379. The number of carbonyl (C=O) groups excluding carboxylic acids is 2. The van der Waals surface area contributed by atoms with Crippen LogP contribution in [0, 0.1) is 27.4 Å². The monoisotopic (exact) mass is 407 g/mol. The molecule has 0 N–H and O–H groups in total.